The fourth-order valence-electron chi connectivity index (χ4n) is 2.90. The van der Waals surface area contributed by atoms with Crippen molar-refractivity contribution in [2.45, 2.75) is 12.5 Å². The van der Waals surface area contributed by atoms with Crippen LogP contribution in [0.2, 0.25) is 0 Å². The van der Waals surface area contributed by atoms with Crippen molar-refractivity contribution in [3.05, 3.63) is 53.9 Å². The van der Waals surface area contributed by atoms with E-state index in [-0.39, 0.29) is 17.9 Å². The molecule has 0 radical (unpaired) electrons. The Morgan fingerprint density at radius 1 is 1.19 bits per heavy atom. The second kappa shape index (κ2) is 8.09. The summed E-state index contributed by atoms with van der Waals surface area (Å²) in [6.45, 7) is 2.14. The van der Waals surface area contributed by atoms with E-state index in [4.69, 9.17) is 0 Å². The Morgan fingerprint density at radius 2 is 1.88 bits per heavy atom. The van der Waals surface area contributed by atoms with Crippen LogP contribution >= 0.6 is 0 Å². The minimum atomic E-state index is -3.76. The molecule has 0 bridgehead atoms. The molecule has 2 N–H and O–H groups in total. The number of carbonyl (C=O) groups excluding carboxylic acids is 1. The number of aromatic amines is 1. The summed E-state index contributed by atoms with van der Waals surface area (Å²) in [5.41, 5.74) is 1.17. The molecule has 1 aromatic carbocycles. The maximum atomic E-state index is 12.8. The number of Topliss-reactive ketones (excluding diaryl/α,β-unsaturated/α-hetero) is 1. The van der Waals surface area contributed by atoms with Crippen LogP contribution in [-0.2, 0) is 16.6 Å². The Hall–Kier alpha value is -2.07. The van der Waals surface area contributed by atoms with Crippen LogP contribution in [0.5, 0.6) is 0 Å². The number of likely N-dealkylation sites (N-methyl/N-ethyl adjacent to an activating group) is 1. The SMILES string of the molecule is CN1CCN(S(=O)(=O)N[C@@H](Cc2ccccc2)C(=O)c2ccn[nH]2)CC1. The molecule has 1 saturated heterocycles. The molecule has 1 atom stereocenters. The van der Waals surface area contributed by atoms with E-state index in [1.807, 2.05) is 37.4 Å². The fraction of sp³-hybridized carbons (Fsp3) is 0.412. The molecule has 2 heterocycles. The Balaban J connectivity index is 1.79. The zero-order valence-electron chi connectivity index (χ0n) is 14.6. The number of piperazine rings is 1. The molecule has 1 fully saturated rings. The number of carbonyl (C=O) groups is 1. The normalized spacial score (nSPS) is 17.9. The average Bonchev–Trinajstić information content (AvgIpc) is 3.16. The lowest BCUT2D eigenvalue weighted by molar-refractivity contribution is 0.0946. The molecule has 3 rings (SSSR count). The van der Waals surface area contributed by atoms with E-state index in [2.05, 4.69) is 19.8 Å². The summed E-state index contributed by atoms with van der Waals surface area (Å²) in [4.78, 5) is 14.9. The number of hydrogen-bond acceptors (Lipinski definition) is 5. The highest BCUT2D eigenvalue weighted by Gasteiger charge is 2.31. The summed E-state index contributed by atoms with van der Waals surface area (Å²) in [7, 11) is -1.80. The van der Waals surface area contributed by atoms with Gasteiger partial charge in [0.05, 0.1) is 6.04 Å². The second-order valence-corrected chi connectivity index (χ2v) is 8.10. The number of aromatic nitrogens is 2. The van der Waals surface area contributed by atoms with Gasteiger partial charge in [0.25, 0.3) is 10.2 Å². The molecular formula is C17H23N5O3S. The number of benzene rings is 1. The first-order valence-corrected chi connectivity index (χ1v) is 9.93. The molecule has 140 valence electrons. The monoisotopic (exact) mass is 377 g/mol. The Bertz CT molecular complexity index is 815. The van der Waals surface area contributed by atoms with Gasteiger partial charge in [-0.3, -0.25) is 9.89 Å². The highest BCUT2D eigenvalue weighted by Crippen LogP contribution is 2.12. The Morgan fingerprint density at radius 3 is 2.50 bits per heavy atom. The van der Waals surface area contributed by atoms with Gasteiger partial charge in [0, 0.05) is 32.4 Å². The molecule has 0 amide bonds. The summed E-state index contributed by atoms with van der Waals surface area (Å²) in [6.07, 6.45) is 1.74. The zero-order chi connectivity index (χ0) is 18.6. The fourth-order valence-corrected chi connectivity index (χ4v) is 4.24. The van der Waals surface area contributed by atoms with Crippen molar-refractivity contribution in [3.8, 4) is 0 Å². The maximum Gasteiger partial charge on any atom is 0.280 e. The van der Waals surface area contributed by atoms with Crippen molar-refractivity contribution in [1.29, 1.82) is 0 Å². The van der Waals surface area contributed by atoms with E-state index in [9.17, 15) is 13.2 Å². The predicted molar refractivity (Wildman–Crippen MR) is 98.0 cm³/mol. The van der Waals surface area contributed by atoms with Crippen molar-refractivity contribution >= 4 is 16.0 Å². The number of nitrogens with one attached hydrogen (secondary N) is 2. The molecule has 1 aromatic heterocycles. The van der Waals surface area contributed by atoms with Crippen molar-refractivity contribution in [2.75, 3.05) is 33.2 Å². The first kappa shape index (κ1) is 18.7. The van der Waals surface area contributed by atoms with Crippen molar-refractivity contribution in [3.63, 3.8) is 0 Å². The summed E-state index contributed by atoms with van der Waals surface area (Å²) < 4.78 is 29.6. The summed E-state index contributed by atoms with van der Waals surface area (Å²) in [5, 5.41) is 6.41. The average molecular weight is 377 g/mol. The van der Waals surface area contributed by atoms with Crippen LogP contribution in [0, 0.1) is 0 Å². The van der Waals surface area contributed by atoms with Crippen LogP contribution in [0.1, 0.15) is 16.1 Å². The smallest absolute Gasteiger partial charge is 0.280 e. The van der Waals surface area contributed by atoms with E-state index in [0.29, 0.717) is 26.2 Å². The third kappa shape index (κ3) is 4.55. The molecule has 0 spiro atoms. The largest absolute Gasteiger partial charge is 0.304 e. The van der Waals surface area contributed by atoms with Crippen LogP contribution in [0.15, 0.2) is 42.6 Å². The molecule has 26 heavy (non-hydrogen) atoms. The lowest BCUT2D eigenvalue weighted by Crippen LogP contribution is -2.54. The van der Waals surface area contributed by atoms with Gasteiger partial charge in [-0.05, 0) is 25.1 Å². The first-order valence-electron chi connectivity index (χ1n) is 8.49. The minimum Gasteiger partial charge on any atom is -0.304 e. The highest BCUT2D eigenvalue weighted by molar-refractivity contribution is 7.87. The van der Waals surface area contributed by atoms with E-state index in [1.54, 1.807) is 6.07 Å². The van der Waals surface area contributed by atoms with Crippen LogP contribution in [0.4, 0.5) is 0 Å². The number of ketones is 1. The topological polar surface area (TPSA) is 98.4 Å². The molecular weight excluding hydrogens is 354 g/mol. The van der Waals surface area contributed by atoms with Gasteiger partial charge in [-0.25, -0.2) is 0 Å². The Labute approximate surface area is 153 Å². The standard InChI is InChI=1S/C17H23N5O3S/c1-21-9-11-22(12-10-21)26(24,25)20-16(13-14-5-3-2-4-6-14)17(23)15-7-8-18-19-15/h2-8,16,20H,9-13H2,1H3,(H,18,19)/t16-/m0/s1. The van der Waals surface area contributed by atoms with Crippen LogP contribution in [0.25, 0.3) is 0 Å². The van der Waals surface area contributed by atoms with E-state index >= 15 is 0 Å². The Kier molecular flexibility index (Phi) is 5.82. The van der Waals surface area contributed by atoms with Gasteiger partial charge in [-0.15, -0.1) is 0 Å². The van der Waals surface area contributed by atoms with Crippen molar-refractivity contribution in [2.24, 2.45) is 0 Å². The first-order chi connectivity index (χ1) is 12.5. The minimum absolute atomic E-state index is 0.270. The second-order valence-electron chi connectivity index (χ2n) is 6.40. The number of hydrogen-bond donors (Lipinski definition) is 2. The molecule has 9 heteroatoms. The molecule has 0 unspecified atom stereocenters. The quantitative estimate of drug-likeness (QED) is 0.676. The van der Waals surface area contributed by atoms with Crippen LogP contribution in [-0.4, -0.2) is 72.9 Å². The molecule has 2 aromatic rings. The van der Waals surface area contributed by atoms with Gasteiger partial charge < -0.3 is 4.90 Å². The molecule has 1 aliphatic rings. The van der Waals surface area contributed by atoms with Gasteiger partial charge in [-0.2, -0.15) is 22.5 Å². The van der Waals surface area contributed by atoms with E-state index < -0.39 is 16.3 Å². The summed E-state index contributed by atoms with van der Waals surface area (Å²) in [5.74, 6) is -0.330. The predicted octanol–water partition coefficient (Wildman–Crippen LogP) is 0.286. The molecule has 0 saturated carbocycles. The van der Waals surface area contributed by atoms with E-state index in [0.717, 1.165) is 5.56 Å². The summed E-state index contributed by atoms with van der Waals surface area (Å²) >= 11 is 0. The van der Waals surface area contributed by atoms with Crippen molar-refractivity contribution < 1.29 is 13.2 Å². The van der Waals surface area contributed by atoms with Crippen LogP contribution in [0.3, 0.4) is 0 Å². The summed E-state index contributed by atoms with van der Waals surface area (Å²) in [6, 6.07) is 10.00. The molecule has 8 nitrogen and oxygen atoms in total. The third-order valence-corrected chi connectivity index (χ3v) is 6.09. The van der Waals surface area contributed by atoms with Crippen molar-refractivity contribution in [1.82, 2.24) is 24.1 Å². The zero-order valence-corrected chi connectivity index (χ0v) is 15.4. The maximum absolute atomic E-state index is 12.8. The van der Waals surface area contributed by atoms with E-state index in [1.165, 1.54) is 10.5 Å². The highest BCUT2D eigenvalue weighted by atomic mass is 32.2. The molecule has 1 aliphatic heterocycles. The van der Waals surface area contributed by atoms with Gasteiger partial charge in [0.2, 0.25) is 0 Å². The third-order valence-electron chi connectivity index (χ3n) is 4.46. The number of H-pyrrole nitrogens is 1. The number of nitrogens with zero attached hydrogens (tertiary/aromatic N) is 3. The van der Waals surface area contributed by atoms with Crippen LogP contribution < -0.4 is 4.72 Å². The lowest BCUT2D eigenvalue weighted by Gasteiger charge is -2.32. The lowest BCUT2D eigenvalue weighted by atomic mass is 10.0. The van der Waals surface area contributed by atoms with Gasteiger partial charge in [0.1, 0.15) is 5.69 Å². The van der Waals surface area contributed by atoms with Gasteiger partial charge >= 0.3 is 0 Å². The van der Waals surface area contributed by atoms with Gasteiger partial charge in [0.15, 0.2) is 5.78 Å². The molecule has 0 aliphatic carbocycles. The number of rotatable bonds is 7. The van der Waals surface area contributed by atoms with Gasteiger partial charge in [-0.1, -0.05) is 30.3 Å².